The van der Waals surface area contributed by atoms with Crippen molar-refractivity contribution >= 4 is 38.4 Å². The maximum atomic E-state index is 15.1. The van der Waals surface area contributed by atoms with Gasteiger partial charge in [0.25, 0.3) is 5.91 Å². The Morgan fingerprint density at radius 1 is 1.32 bits per heavy atom. The SMILES string of the molecule is CC(C)CN1CCC(F)(C(=O)Nc2cc3cc(Br)ccc3cn2)CC1. The van der Waals surface area contributed by atoms with Gasteiger partial charge in [-0.05, 0) is 29.5 Å². The lowest BCUT2D eigenvalue weighted by Gasteiger charge is -2.36. The van der Waals surface area contributed by atoms with Gasteiger partial charge in [0.1, 0.15) is 5.82 Å². The number of alkyl halides is 1. The molecular formula is C19H23BrFN3O. The quantitative estimate of drug-likeness (QED) is 0.816. The fourth-order valence-corrected chi connectivity index (χ4v) is 3.62. The van der Waals surface area contributed by atoms with E-state index in [9.17, 15) is 4.79 Å². The highest BCUT2D eigenvalue weighted by molar-refractivity contribution is 9.10. The second-order valence-corrected chi connectivity index (χ2v) is 8.09. The third kappa shape index (κ3) is 4.36. The molecule has 0 radical (unpaired) electrons. The molecule has 3 rings (SSSR count). The number of rotatable bonds is 4. The first-order valence-electron chi connectivity index (χ1n) is 8.64. The van der Waals surface area contributed by atoms with E-state index in [0.717, 1.165) is 21.8 Å². The van der Waals surface area contributed by atoms with Crippen LogP contribution in [0.2, 0.25) is 0 Å². The topological polar surface area (TPSA) is 45.2 Å². The van der Waals surface area contributed by atoms with Crippen molar-refractivity contribution in [2.24, 2.45) is 5.92 Å². The minimum atomic E-state index is -1.82. The summed E-state index contributed by atoms with van der Waals surface area (Å²) >= 11 is 3.43. The van der Waals surface area contributed by atoms with Crippen molar-refractivity contribution < 1.29 is 9.18 Å². The zero-order chi connectivity index (χ0) is 18.0. The molecule has 1 aliphatic rings. The van der Waals surface area contributed by atoms with Gasteiger partial charge in [0, 0.05) is 48.5 Å². The molecule has 134 valence electrons. The predicted molar refractivity (Wildman–Crippen MR) is 102 cm³/mol. The second kappa shape index (κ2) is 7.38. The van der Waals surface area contributed by atoms with E-state index in [1.54, 1.807) is 12.3 Å². The molecule has 2 heterocycles. The molecule has 0 bridgehead atoms. The number of hydrogen-bond acceptors (Lipinski definition) is 3. The van der Waals surface area contributed by atoms with E-state index in [0.29, 0.717) is 24.8 Å². The van der Waals surface area contributed by atoms with Crippen LogP contribution in [-0.2, 0) is 4.79 Å². The van der Waals surface area contributed by atoms with Gasteiger partial charge in [-0.2, -0.15) is 0 Å². The Bertz CT molecular complexity index is 772. The highest BCUT2D eigenvalue weighted by Crippen LogP contribution is 2.29. The van der Waals surface area contributed by atoms with Crippen LogP contribution in [0.5, 0.6) is 0 Å². The molecule has 4 nitrogen and oxygen atoms in total. The number of piperidine rings is 1. The van der Waals surface area contributed by atoms with Crippen molar-refractivity contribution in [3.05, 3.63) is 34.9 Å². The van der Waals surface area contributed by atoms with Crippen molar-refractivity contribution in [2.45, 2.75) is 32.4 Å². The van der Waals surface area contributed by atoms with E-state index in [-0.39, 0.29) is 12.8 Å². The minimum Gasteiger partial charge on any atom is -0.308 e. The average Bonchev–Trinajstić information content (AvgIpc) is 2.56. The number of carbonyl (C=O) groups is 1. The van der Waals surface area contributed by atoms with Crippen LogP contribution in [0.1, 0.15) is 26.7 Å². The predicted octanol–water partition coefficient (Wildman–Crippen LogP) is 4.40. The molecule has 2 aromatic rings. The summed E-state index contributed by atoms with van der Waals surface area (Å²) in [5.74, 6) is 0.345. The Morgan fingerprint density at radius 2 is 2.04 bits per heavy atom. The molecule has 6 heteroatoms. The van der Waals surface area contributed by atoms with Crippen molar-refractivity contribution in [1.82, 2.24) is 9.88 Å². The third-order valence-electron chi connectivity index (χ3n) is 4.60. The molecule has 1 fully saturated rings. The molecule has 1 aromatic heterocycles. The molecule has 25 heavy (non-hydrogen) atoms. The lowest BCUT2D eigenvalue weighted by Crippen LogP contribution is -2.49. The van der Waals surface area contributed by atoms with Gasteiger partial charge in [-0.1, -0.05) is 35.8 Å². The standard InChI is InChI=1S/C19H23BrFN3O/c1-13(2)12-24-7-5-19(21,6-8-24)18(25)23-17-10-15-9-16(20)4-3-14(15)11-22-17/h3-4,9-11,13H,5-8,12H2,1-2H3,(H,22,23,25). The number of pyridine rings is 1. The van der Waals surface area contributed by atoms with Gasteiger partial charge >= 0.3 is 0 Å². The number of amides is 1. The van der Waals surface area contributed by atoms with Crippen LogP contribution in [-0.4, -0.2) is 41.1 Å². The zero-order valence-corrected chi connectivity index (χ0v) is 16.1. The smallest absolute Gasteiger partial charge is 0.263 e. The van der Waals surface area contributed by atoms with Crippen molar-refractivity contribution in [2.75, 3.05) is 25.0 Å². The average molecular weight is 408 g/mol. The molecule has 1 amide bonds. The number of fused-ring (bicyclic) bond motifs is 1. The molecule has 1 aliphatic heterocycles. The number of benzene rings is 1. The molecule has 0 unspecified atom stereocenters. The highest BCUT2D eigenvalue weighted by atomic mass is 79.9. The molecule has 0 saturated carbocycles. The first kappa shape index (κ1) is 18.3. The summed E-state index contributed by atoms with van der Waals surface area (Å²) in [4.78, 5) is 18.9. The fraction of sp³-hybridized carbons (Fsp3) is 0.474. The maximum Gasteiger partial charge on any atom is 0.263 e. The lowest BCUT2D eigenvalue weighted by atomic mass is 9.92. The van der Waals surface area contributed by atoms with Gasteiger partial charge in [0.05, 0.1) is 0 Å². The summed E-state index contributed by atoms with van der Waals surface area (Å²) in [6.45, 7) is 6.46. The molecule has 1 saturated heterocycles. The molecule has 0 spiro atoms. The summed E-state index contributed by atoms with van der Waals surface area (Å²) in [5.41, 5.74) is -1.82. The second-order valence-electron chi connectivity index (χ2n) is 7.17. The van der Waals surface area contributed by atoms with E-state index in [2.05, 4.69) is 45.0 Å². The van der Waals surface area contributed by atoms with E-state index in [1.165, 1.54) is 0 Å². The number of likely N-dealkylation sites (tertiary alicyclic amines) is 1. The highest BCUT2D eigenvalue weighted by Gasteiger charge is 2.41. The normalized spacial score (nSPS) is 17.8. The fourth-order valence-electron chi connectivity index (χ4n) is 3.24. The van der Waals surface area contributed by atoms with E-state index >= 15 is 4.39 Å². The number of carbonyl (C=O) groups excluding carboxylic acids is 1. The Kier molecular flexibility index (Phi) is 5.39. The van der Waals surface area contributed by atoms with Crippen LogP contribution in [0.15, 0.2) is 34.9 Å². The van der Waals surface area contributed by atoms with Gasteiger partial charge < -0.3 is 10.2 Å². The van der Waals surface area contributed by atoms with Crippen molar-refractivity contribution in [3.8, 4) is 0 Å². The molecule has 0 atom stereocenters. The first-order chi connectivity index (χ1) is 11.9. The minimum absolute atomic E-state index is 0.227. The van der Waals surface area contributed by atoms with Gasteiger partial charge in [0.15, 0.2) is 5.67 Å². The number of nitrogens with zero attached hydrogens (tertiary/aromatic N) is 2. The van der Waals surface area contributed by atoms with Crippen LogP contribution in [0.25, 0.3) is 10.8 Å². The monoisotopic (exact) mass is 407 g/mol. The van der Waals surface area contributed by atoms with Gasteiger partial charge in [-0.15, -0.1) is 0 Å². The number of aromatic nitrogens is 1. The Labute approximate surface area is 155 Å². The molecule has 1 aromatic carbocycles. The number of nitrogens with one attached hydrogen (secondary N) is 1. The van der Waals surface area contributed by atoms with Gasteiger partial charge in [-0.3, -0.25) is 4.79 Å². The summed E-state index contributed by atoms with van der Waals surface area (Å²) < 4.78 is 16.0. The zero-order valence-electron chi connectivity index (χ0n) is 14.6. The summed E-state index contributed by atoms with van der Waals surface area (Å²) in [6.07, 6.45) is 2.14. The van der Waals surface area contributed by atoms with Crippen LogP contribution in [0, 0.1) is 5.92 Å². The first-order valence-corrected chi connectivity index (χ1v) is 9.43. The molecule has 0 aliphatic carbocycles. The van der Waals surface area contributed by atoms with Crippen molar-refractivity contribution in [3.63, 3.8) is 0 Å². The Morgan fingerprint density at radius 3 is 2.72 bits per heavy atom. The van der Waals surface area contributed by atoms with E-state index in [4.69, 9.17) is 0 Å². The number of hydrogen-bond donors (Lipinski definition) is 1. The Balaban J connectivity index is 1.67. The lowest BCUT2D eigenvalue weighted by molar-refractivity contribution is -0.130. The van der Waals surface area contributed by atoms with E-state index in [1.807, 2.05) is 18.2 Å². The Hall–Kier alpha value is -1.53. The molecule has 1 N–H and O–H groups in total. The third-order valence-corrected chi connectivity index (χ3v) is 5.10. The molecular weight excluding hydrogens is 385 g/mol. The van der Waals surface area contributed by atoms with Crippen LogP contribution in [0.3, 0.4) is 0 Å². The maximum absolute atomic E-state index is 15.1. The number of anilines is 1. The van der Waals surface area contributed by atoms with Crippen molar-refractivity contribution in [1.29, 1.82) is 0 Å². The summed E-state index contributed by atoms with van der Waals surface area (Å²) in [7, 11) is 0. The van der Waals surface area contributed by atoms with Crippen LogP contribution in [0.4, 0.5) is 10.2 Å². The number of halogens is 2. The summed E-state index contributed by atoms with van der Waals surface area (Å²) in [6, 6.07) is 7.60. The van der Waals surface area contributed by atoms with Gasteiger partial charge in [-0.25, -0.2) is 9.37 Å². The van der Waals surface area contributed by atoms with Crippen LogP contribution >= 0.6 is 15.9 Å². The largest absolute Gasteiger partial charge is 0.308 e. The summed E-state index contributed by atoms with van der Waals surface area (Å²) in [5, 5.41) is 4.57. The van der Waals surface area contributed by atoms with Crippen LogP contribution < -0.4 is 5.32 Å². The van der Waals surface area contributed by atoms with Gasteiger partial charge in [0.2, 0.25) is 0 Å². The van der Waals surface area contributed by atoms with E-state index < -0.39 is 11.6 Å².